The van der Waals surface area contributed by atoms with Crippen LogP contribution in [-0.2, 0) is 0 Å². The van der Waals surface area contributed by atoms with Crippen molar-refractivity contribution in [1.82, 2.24) is 0 Å². The second-order valence-electron chi connectivity index (χ2n) is 4.71. The quantitative estimate of drug-likeness (QED) is 0.915. The summed E-state index contributed by atoms with van der Waals surface area (Å²) in [6.45, 7) is 2.29. The summed E-state index contributed by atoms with van der Waals surface area (Å²) >= 11 is 0. The highest BCUT2D eigenvalue weighted by Crippen LogP contribution is 2.26. The minimum Gasteiger partial charge on any atom is -0.497 e. The molecule has 0 bridgehead atoms. The van der Waals surface area contributed by atoms with E-state index in [-0.39, 0.29) is 6.10 Å². The van der Waals surface area contributed by atoms with Gasteiger partial charge in [0.05, 0.1) is 18.7 Å². The lowest BCUT2D eigenvalue weighted by atomic mass is 10.1. The normalized spacial score (nSPS) is 11.5. The van der Waals surface area contributed by atoms with Crippen molar-refractivity contribution in [2.45, 2.75) is 13.0 Å². The van der Waals surface area contributed by atoms with E-state index in [9.17, 15) is 0 Å². The van der Waals surface area contributed by atoms with Gasteiger partial charge >= 0.3 is 0 Å². The molecule has 0 saturated carbocycles. The van der Waals surface area contributed by atoms with E-state index in [0.717, 1.165) is 16.9 Å². The summed E-state index contributed by atoms with van der Waals surface area (Å²) in [5.74, 6) is 1.47. The molecule has 1 atom stereocenters. The van der Waals surface area contributed by atoms with E-state index >= 15 is 0 Å². The first-order valence-electron chi connectivity index (χ1n) is 6.69. The Morgan fingerprint density at radius 1 is 1.19 bits per heavy atom. The lowest BCUT2D eigenvalue weighted by molar-refractivity contribution is 0.212. The predicted octanol–water partition coefficient (Wildman–Crippen LogP) is 2.95. The Morgan fingerprint density at radius 2 is 1.90 bits per heavy atom. The highest BCUT2D eigenvalue weighted by molar-refractivity contribution is 5.42. The molecular weight excluding hydrogens is 264 g/mol. The van der Waals surface area contributed by atoms with Crippen molar-refractivity contribution < 1.29 is 9.47 Å². The maximum atomic E-state index is 8.97. The van der Waals surface area contributed by atoms with Crippen LogP contribution in [0.1, 0.15) is 22.8 Å². The van der Waals surface area contributed by atoms with E-state index in [2.05, 4.69) is 6.07 Å². The third-order valence-corrected chi connectivity index (χ3v) is 3.29. The second-order valence-corrected chi connectivity index (χ2v) is 4.71. The standard InChI is InChI=1S/C17H18N2O2/c1-12-3-4-13(10-18)9-16(12)21-17(11-19)14-5-7-15(20-2)8-6-14/h3-9,17H,11,19H2,1-2H3. The van der Waals surface area contributed by atoms with Crippen LogP contribution >= 0.6 is 0 Å². The Balaban J connectivity index is 2.24. The molecule has 108 valence electrons. The molecule has 0 aromatic heterocycles. The predicted molar refractivity (Wildman–Crippen MR) is 81.3 cm³/mol. The van der Waals surface area contributed by atoms with Crippen molar-refractivity contribution in [3.63, 3.8) is 0 Å². The number of aryl methyl sites for hydroxylation is 1. The van der Waals surface area contributed by atoms with Gasteiger partial charge in [-0.05, 0) is 42.3 Å². The molecule has 0 spiro atoms. The Hall–Kier alpha value is -2.51. The van der Waals surface area contributed by atoms with Crippen LogP contribution in [0, 0.1) is 18.3 Å². The fourth-order valence-electron chi connectivity index (χ4n) is 2.02. The van der Waals surface area contributed by atoms with Crippen LogP contribution in [-0.4, -0.2) is 13.7 Å². The van der Waals surface area contributed by atoms with Crippen LogP contribution in [0.2, 0.25) is 0 Å². The summed E-state index contributed by atoms with van der Waals surface area (Å²) in [5.41, 5.74) is 8.34. The number of nitrogens with zero attached hydrogens (tertiary/aromatic N) is 1. The van der Waals surface area contributed by atoms with E-state index in [1.165, 1.54) is 0 Å². The fraction of sp³-hybridized carbons (Fsp3) is 0.235. The Kier molecular flexibility index (Phi) is 4.81. The van der Waals surface area contributed by atoms with Crippen molar-refractivity contribution >= 4 is 0 Å². The number of ether oxygens (including phenoxy) is 2. The minimum atomic E-state index is -0.261. The molecule has 2 rings (SSSR count). The van der Waals surface area contributed by atoms with Gasteiger partial charge < -0.3 is 15.2 Å². The average Bonchev–Trinajstić information content (AvgIpc) is 2.54. The number of nitrogens with two attached hydrogens (primary N) is 1. The summed E-state index contributed by atoms with van der Waals surface area (Å²) in [6.07, 6.45) is -0.261. The van der Waals surface area contributed by atoms with Gasteiger partial charge in [0, 0.05) is 6.54 Å². The lowest BCUT2D eigenvalue weighted by Crippen LogP contribution is -2.18. The first-order valence-corrected chi connectivity index (χ1v) is 6.69. The van der Waals surface area contributed by atoms with E-state index in [0.29, 0.717) is 17.9 Å². The third-order valence-electron chi connectivity index (χ3n) is 3.29. The highest BCUT2D eigenvalue weighted by Gasteiger charge is 2.13. The number of hydrogen-bond acceptors (Lipinski definition) is 4. The van der Waals surface area contributed by atoms with Gasteiger partial charge in [-0.3, -0.25) is 0 Å². The van der Waals surface area contributed by atoms with Gasteiger partial charge in [0.2, 0.25) is 0 Å². The summed E-state index contributed by atoms with van der Waals surface area (Å²) in [4.78, 5) is 0. The molecule has 0 aliphatic rings. The highest BCUT2D eigenvalue weighted by atomic mass is 16.5. The van der Waals surface area contributed by atoms with Crippen LogP contribution in [0.25, 0.3) is 0 Å². The van der Waals surface area contributed by atoms with Gasteiger partial charge in [-0.2, -0.15) is 5.26 Å². The number of methoxy groups -OCH3 is 1. The molecular formula is C17H18N2O2. The summed E-state index contributed by atoms with van der Waals surface area (Å²) in [7, 11) is 1.63. The summed E-state index contributed by atoms with van der Waals surface area (Å²) in [6, 6.07) is 15.1. The molecule has 0 radical (unpaired) electrons. The molecule has 1 unspecified atom stereocenters. The van der Waals surface area contributed by atoms with Crippen molar-refractivity contribution in [2.24, 2.45) is 5.73 Å². The molecule has 4 nitrogen and oxygen atoms in total. The Morgan fingerprint density at radius 3 is 2.48 bits per heavy atom. The number of benzene rings is 2. The van der Waals surface area contributed by atoms with Gasteiger partial charge in [-0.1, -0.05) is 18.2 Å². The van der Waals surface area contributed by atoms with Crippen molar-refractivity contribution in [3.05, 3.63) is 59.2 Å². The molecule has 21 heavy (non-hydrogen) atoms. The van der Waals surface area contributed by atoms with Crippen LogP contribution in [0.5, 0.6) is 11.5 Å². The van der Waals surface area contributed by atoms with Gasteiger partial charge in [-0.15, -0.1) is 0 Å². The average molecular weight is 282 g/mol. The third kappa shape index (κ3) is 3.53. The largest absolute Gasteiger partial charge is 0.497 e. The molecule has 4 heteroatoms. The molecule has 0 saturated heterocycles. The molecule has 2 N–H and O–H groups in total. The van der Waals surface area contributed by atoms with E-state index in [4.69, 9.17) is 20.5 Å². The van der Waals surface area contributed by atoms with E-state index in [1.54, 1.807) is 19.2 Å². The van der Waals surface area contributed by atoms with Crippen LogP contribution in [0.3, 0.4) is 0 Å². The van der Waals surface area contributed by atoms with Crippen molar-refractivity contribution in [1.29, 1.82) is 5.26 Å². The molecule has 0 fully saturated rings. The zero-order chi connectivity index (χ0) is 15.2. The molecule has 0 heterocycles. The SMILES string of the molecule is COc1ccc(C(CN)Oc2cc(C#N)ccc2C)cc1. The second kappa shape index (κ2) is 6.78. The number of nitriles is 1. The van der Waals surface area contributed by atoms with Gasteiger partial charge in [0.1, 0.15) is 17.6 Å². The van der Waals surface area contributed by atoms with Gasteiger partial charge in [0.15, 0.2) is 0 Å². The topological polar surface area (TPSA) is 68.3 Å². The maximum absolute atomic E-state index is 8.97. The molecule has 2 aromatic rings. The molecule has 0 aliphatic carbocycles. The Bertz CT molecular complexity index is 645. The minimum absolute atomic E-state index is 0.261. The maximum Gasteiger partial charge on any atom is 0.136 e. The van der Waals surface area contributed by atoms with Gasteiger partial charge in [0.25, 0.3) is 0 Å². The number of rotatable bonds is 5. The van der Waals surface area contributed by atoms with Crippen molar-refractivity contribution in [2.75, 3.05) is 13.7 Å². The zero-order valence-electron chi connectivity index (χ0n) is 12.2. The lowest BCUT2D eigenvalue weighted by Gasteiger charge is -2.19. The molecule has 0 amide bonds. The fourth-order valence-corrected chi connectivity index (χ4v) is 2.02. The van der Waals surface area contributed by atoms with Crippen LogP contribution < -0.4 is 15.2 Å². The first kappa shape index (κ1) is 14.9. The van der Waals surface area contributed by atoms with Crippen LogP contribution in [0.15, 0.2) is 42.5 Å². The summed E-state index contributed by atoms with van der Waals surface area (Å²) in [5, 5.41) is 8.97. The van der Waals surface area contributed by atoms with E-state index in [1.807, 2.05) is 37.3 Å². The smallest absolute Gasteiger partial charge is 0.136 e. The Labute approximate surface area is 124 Å². The first-order chi connectivity index (χ1) is 10.2. The zero-order valence-corrected chi connectivity index (χ0v) is 12.2. The van der Waals surface area contributed by atoms with Gasteiger partial charge in [-0.25, -0.2) is 0 Å². The molecule has 0 aliphatic heterocycles. The van der Waals surface area contributed by atoms with E-state index < -0.39 is 0 Å². The van der Waals surface area contributed by atoms with Crippen molar-refractivity contribution in [3.8, 4) is 17.6 Å². The van der Waals surface area contributed by atoms with Crippen LogP contribution in [0.4, 0.5) is 0 Å². The monoisotopic (exact) mass is 282 g/mol. The number of hydrogen-bond donors (Lipinski definition) is 1. The molecule has 2 aromatic carbocycles. The summed E-state index contributed by atoms with van der Waals surface area (Å²) < 4.78 is 11.1.